The van der Waals surface area contributed by atoms with Crippen LogP contribution in [0.25, 0.3) is 5.69 Å². The van der Waals surface area contributed by atoms with Crippen molar-refractivity contribution < 1.29 is 9.84 Å². The molecule has 0 saturated carbocycles. The average Bonchev–Trinajstić information content (AvgIpc) is 3.20. The lowest BCUT2D eigenvalue weighted by molar-refractivity contribution is 0.104. The highest BCUT2D eigenvalue weighted by atomic mass is 16.5. The van der Waals surface area contributed by atoms with Crippen LogP contribution in [0.3, 0.4) is 0 Å². The van der Waals surface area contributed by atoms with Crippen LogP contribution in [0, 0.1) is 13.8 Å². The number of aromatic nitrogens is 3. The minimum Gasteiger partial charge on any atom is -0.491 e. The maximum Gasteiger partial charge on any atom is 0.138 e. The molecule has 6 heteroatoms. The minimum atomic E-state index is -0.581. The Bertz CT molecular complexity index is 847. The van der Waals surface area contributed by atoms with E-state index in [4.69, 9.17) is 4.74 Å². The third-order valence-corrected chi connectivity index (χ3v) is 4.50. The van der Waals surface area contributed by atoms with Gasteiger partial charge in [0.25, 0.3) is 0 Å². The summed E-state index contributed by atoms with van der Waals surface area (Å²) in [6.45, 7) is 6.85. The third kappa shape index (κ3) is 5.15. The van der Waals surface area contributed by atoms with Gasteiger partial charge in [-0.05, 0) is 50.1 Å². The molecule has 0 amide bonds. The molecule has 6 nitrogen and oxygen atoms in total. The van der Waals surface area contributed by atoms with Gasteiger partial charge < -0.3 is 15.2 Å². The summed E-state index contributed by atoms with van der Waals surface area (Å²) in [5, 5.41) is 17.7. The second-order valence-corrected chi connectivity index (χ2v) is 6.80. The Morgan fingerprint density at radius 2 is 1.93 bits per heavy atom. The van der Waals surface area contributed by atoms with Crippen molar-refractivity contribution in [3.05, 3.63) is 71.8 Å². The van der Waals surface area contributed by atoms with Gasteiger partial charge in [-0.1, -0.05) is 29.8 Å². The van der Waals surface area contributed by atoms with Gasteiger partial charge in [-0.3, -0.25) is 0 Å². The molecule has 0 bridgehead atoms. The molecule has 0 aliphatic heterocycles. The maximum absolute atomic E-state index is 10.2. The highest BCUT2D eigenvalue weighted by Crippen LogP contribution is 2.19. The molecule has 0 fully saturated rings. The molecule has 0 unspecified atom stereocenters. The van der Waals surface area contributed by atoms with Crippen LogP contribution in [0.1, 0.15) is 29.7 Å². The number of nitrogens with one attached hydrogen (secondary N) is 1. The minimum absolute atomic E-state index is 0.116. The maximum atomic E-state index is 10.2. The Balaban J connectivity index is 1.47. The van der Waals surface area contributed by atoms with Crippen molar-refractivity contribution in [1.82, 2.24) is 20.1 Å². The molecule has 2 aromatic carbocycles. The van der Waals surface area contributed by atoms with E-state index >= 15 is 0 Å². The Morgan fingerprint density at radius 3 is 2.59 bits per heavy atom. The zero-order valence-electron chi connectivity index (χ0n) is 16.0. The fourth-order valence-electron chi connectivity index (χ4n) is 2.89. The van der Waals surface area contributed by atoms with Gasteiger partial charge in [-0.15, -0.1) is 0 Å². The molecular formula is C21H26N4O2. The van der Waals surface area contributed by atoms with Crippen LogP contribution in [-0.4, -0.2) is 39.1 Å². The van der Waals surface area contributed by atoms with Gasteiger partial charge in [0.15, 0.2) is 0 Å². The lowest BCUT2D eigenvalue weighted by Gasteiger charge is -2.19. The molecule has 1 aromatic heterocycles. The van der Waals surface area contributed by atoms with Gasteiger partial charge in [0.05, 0.1) is 5.69 Å². The Kier molecular flexibility index (Phi) is 6.21. The first-order valence-corrected chi connectivity index (χ1v) is 9.09. The van der Waals surface area contributed by atoms with Crippen molar-refractivity contribution in [3.63, 3.8) is 0 Å². The average molecular weight is 366 g/mol. The van der Waals surface area contributed by atoms with Gasteiger partial charge in [0.1, 0.15) is 31.1 Å². The molecule has 2 atom stereocenters. The van der Waals surface area contributed by atoms with Crippen molar-refractivity contribution >= 4 is 0 Å². The van der Waals surface area contributed by atoms with Crippen molar-refractivity contribution in [3.8, 4) is 11.4 Å². The summed E-state index contributed by atoms with van der Waals surface area (Å²) in [6, 6.07) is 14.3. The molecule has 1 heterocycles. The number of hydrogen-bond donors (Lipinski definition) is 2. The van der Waals surface area contributed by atoms with E-state index in [9.17, 15) is 5.11 Å². The number of benzene rings is 2. The Hall–Kier alpha value is -2.70. The van der Waals surface area contributed by atoms with Gasteiger partial charge in [0, 0.05) is 12.6 Å². The molecule has 27 heavy (non-hydrogen) atoms. The summed E-state index contributed by atoms with van der Waals surface area (Å²) in [5.41, 5.74) is 4.38. The first kappa shape index (κ1) is 19.1. The summed E-state index contributed by atoms with van der Waals surface area (Å²) < 4.78 is 7.46. The van der Waals surface area contributed by atoms with Crippen LogP contribution in [0.2, 0.25) is 0 Å². The Labute approximate surface area is 159 Å². The molecule has 142 valence electrons. The molecule has 2 N–H and O–H groups in total. The number of rotatable bonds is 8. The van der Waals surface area contributed by atoms with E-state index in [0.29, 0.717) is 6.54 Å². The van der Waals surface area contributed by atoms with Crippen LogP contribution in [-0.2, 0) is 0 Å². The molecule has 0 aliphatic carbocycles. The van der Waals surface area contributed by atoms with E-state index in [0.717, 1.165) is 22.6 Å². The number of hydrogen-bond acceptors (Lipinski definition) is 5. The lowest BCUT2D eigenvalue weighted by atomic mass is 10.1. The topological polar surface area (TPSA) is 72.2 Å². The highest BCUT2D eigenvalue weighted by molar-refractivity contribution is 5.36. The van der Waals surface area contributed by atoms with E-state index in [2.05, 4.69) is 35.3 Å². The second-order valence-electron chi connectivity index (χ2n) is 6.80. The smallest absolute Gasteiger partial charge is 0.138 e. The molecular weight excluding hydrogens is 340 g/mol. The standard InChI is InChI=1S/C21H26N4O2/c1-15-4-9-21(16(2)10-15)27-12-20(26)11-23-17(3)18-5-7-19(8-6-18)25-14-22-13-24-25/h4-10,13-14,17,20,23,26H,11-12H2,1-3H3/t17-,20+/m0/s1. The monoisotopic (exact) mass is 366 g/mol. The third-order valence-electron chi connectivity index (χ3n) is 4.50. The van der Waals surface area contributed by atoms with Gasteiger partial charge in [-0.25, -0.2) is 9.67 Å². The molecule has 0 radical (unpaired) electrons. The van der Waals surface area contributed by atoms with E-state index in [1.807, 2.05) is 43.3 Å². The summed E-state index contributed by atoms with van der Waals surface area (Å²) >= 11 is 0. The summed E-state index contributed by atoms with van der Waals surface area (Å²) in [5.74, 6) is 0.816. The Morgan fingerprint density at radius 1 is 1.15 bits per heavy atom. The van der Waals surface area contributed by atoms with Crippen molar-refractivity contribution in [2.24, 2.45) is 0 Å². The summed E-state index contributed by atoms with van der Waals surface area (Å²) in [6.07, 6.45) is 2.60. The van der Waals surface area contributed by atoms with Crippen molar-refractivity contribution in [2.45, 2.75) is 32.9 Å². The van der Waals surface area contributed by atoms with Crippen LogP contribution in [0.5, 0.6) is 5.75 Å². The summed E-state index contributed by atoms with van der Waals surface area (Å²) in [4.78, 5) is 3.95. The molecule has 0 aliphatic rings. The first-order chi connectivity index (χ1) is 13.0. The van der Waals surface area contributed by atoms with E-state index in [-0.39, 0.29) is 12.6 Å². The predicted molar refractivity (Wildman–Crippen MR) is 105 cm³/mol. The first-order valence-electron chi connectivity index (χ1n) is 9.09. The zero-order chi connectivity index (χ0) is 19.2. The van der Waals surface area contributed by atoms with Crippen LogP contribution >= 0.6 is 0 Å². The largest absolute Gasteiger partial charge is 0.491 e. The van der Waals surface area contributed by atoms with Crippen LogP contribution in [0.15, 0.2) is 55.1 Å². The highest BCUT2D eigenvalue weighted by Gasteiger charge is 2.11. The molecule has 3 aromatic rings. The summed E-state index contributed by atoms with van der Waals surface area (Å²) in [7, 11) is 0. The predicted octanol–water partition coefficient (Wildman–Crippen LogP) is 2.97. The van der Waals surface area contributed by atoms with Gasteiger partial charge in [-0.2, -0.15) is 5.10 Å². The van der Waals surface area contributed by atoms with Gasteiger partial charge >= 0.3 is 0 Å². The second kappa shape index (κ2) is 8.79. The van der Waals surface area contributed by atoms with Crippen molar-refractivity contribution in [1.29, 1.82) is 0 Å². The van der Waals surface area contributed by atoms with Crippen LogP contribution < -0.4 is 10.1 Å². The normalized spacial score (nSPS) is 13.3. The molecule has 0 spiro atoms. The van der Waals surface area contributed by atoms with Gasteiger partial charge in [0.2, 0.25) is 0 Å². The number of aryl methyl sites for hydroxylation is 2. The number of nitrogens with zero attached hydrogens (tertiary/aromatic N) is 3. The fraction of sp³-hybridized carbons (Fsp3) is 0.333. The number of ether oxygens (including phenoxy) is 1. The molecule has 0 saturated heterocycles. The van der Waals surface area contributed by atoms with E-state index in [1.54, 1.807) is 11.0 Å². The SMILES string of the molecule is Cc1ccc(OC[C@H](O)CN[C@@H](C)c2ccc(-n3cncn3)cc2)c(C)c1. The van der Waals surface area contributed by atoms with E-state index in [1.165, 1.54) is 11.9 Å². The number of aliphatic hydroxyl groups is 1. The fourth-order valence-corrected chi connectivity index (χ4v) is 2.89. The number of aliphatic hydroxyl groups excluding tert-OH is 1. The lowest BCUT2D eigenvalue weighted by Crippen LogP contribution is -2.33. The quantitative estimate of drug-likeness (QED) is 0.641. The zero-order valence-corrected chi connectivity index (χ0v) is 16.0. The van der Waals surface area contributed by atoms with Crippen molar-refractivity contribution in [2.75, 3.05) is 13.2 Å². The molecule has 3 rings (SSSR count). The van der Waals surface area contributed by atoms with E-state index < -0.39 is 6.10 Å². The van der Waals surface area contributed by atoms with Crippen LogP contribution in [0.4, 0.5) is 0 Å².